The van der Waals surface area contributed by atoms with Crippen molar-refractivity contribution in [1.29, 1.82) is 0 Å². The van der Waals surface area contributed by atoms with Crippen molar-refractivity contribution >= 4 is 0 Å². The van der Waals surface area contributed by atoms with Crippen LogP contribution in [0.25, 0.3) is 0 Å². The average Bonchev–Trinajstić information content (AvgIpc) is 2.21. The molecule has 1 unspecified atom stereocenters. The van der Waals surface area contributed by atoms with Gasteiger partial charge in [-0.25, -0.2) is 0 Å². The van der Waals surface area contributed by atoms with E-state index < -0.39 is 0 Å². The third kappa shape index (κ3) is 4.75. The number of nitrogens with one attached hydrogen (secondary N) is 1. The summed E-state index contributed by atoms with van der Waals surface area (Å²) in [7, 11) is 3.88. The lowest BCUT2D eigenvalue weighted by molar-refractivity contribution is 0.123. The Hall–Kier alpha value is -0.900. The van der Waals surface area contributed by atoms with E-state index in [9.17, 15) is 5.11 Å². The van der Waals surface area contributed by atoms with Crippen molar-refractivity contribution in [3.63, 3.8) is 0 Å². The van der Waals surface area contributed by atoms with E-state index in [1.807, 2.05) is 14.1 Å². The molecule has 0 aliphatic carbocycles. The van der Waals surface area contributed by atoms with Crippen LogP contribution < -0.4 is 5.32 Å². The minimum atomic E-state index is -0.305. The first-order chi connectivity index (χ1) is 7.61. The largest absolute Gasteiger partial charge is 0.390 e. The lowest BCUT2D eigenvalue weighted by atomic mass is 10.1. The Morgan fingerprint density at radius 3 is 2.50 bits per heavy atom. The summed E-state index contributed by atoms with van der Waals surface area (Å²) in [6.07, 6.45) is -0.305. The molecule has 1 aromatic carbocycles. The van der Waals surface area contributed by atoms with Crippen LogP contribution in [0.2, 0.25) is 0 Å². The van der Waals surface area contributed by atoms with Gasteiger partial charge in [-0.2, -0.15) is 0 Å². The summed E-state index contributed by atoms with van der Waals surface area (Å²) >= 11 is 0. The monoisotopic (exact) mass is 222 g/mol. The van der Waals surface area contributed by atoms with Gasteiger partial charge in [-0.15, -0.1) is 0 Å². The Morgan fingerprint density at radius 1 is 1.31 bits per heavy atom. The fourth-order valence-corrected chi connectivity index (χ4v) is 1.73. The zero-order valence-corrected chi connectivity index (χ0v) is 10.4. The molecule has 1 atom stereocenters. The minimum Gasteiger partial charge on any atom is -0.390 e. The van der Waals surface area contributed by atoms with Crippen molar-refractivity contribution in [2.24, 2.45) is 0 Å². The third-order valence-corrected chi connectivity index (χ3v) is 2.54. The molecule has 90 valence electrons. The molecule has 0 heterocycles. The predicted molar refractivity (Wildman–Crippen MR) is 67.4 cm³/mol. The summed E-state index contributed by atoms with van der Waals surface area (Å²) in [4.78, 5) is 2.13. The first-order valence-electron chi connectivity index (χ1n) is 5.68. The Morgan fingerprint density at radius 2 is 1.94 bits per heavy atom. The molecule has 0 saturated carbocycles. The second-order valence-electron chi connectivity index (χ2n) is 4.39. The lowest BCUT2D eigenvalue weighted by Gasteiger charge is -2.20. The average molecular weight is 222 g/mol. The number of nitrogens with zero attached hydrogens (tertiary/aromatic N) is 1. The Kier molecular flexibility index (Phi) is 5.46. The zero-order chi connectivity index (χ0) is 12.0. The summed E-state index contributed by atoms with van der Waals surface area (Å²) in [6, 6.07) is 8.51. The number of hydrogen-bond acceptors (Lipinski definition) is 3. The van der Waals surface area contributed by atoms with Crippen molar-refractivity contribution in [2.75, 3.05) is 27.2 Å². The van der Waals surface area contributed by atoms with Crippen molar-refractivity contribution in [3.05, 3.63) is 35.4 Å². The standard InChI is InChI=1S/C13H22N2O/c1-11-4-6-12(7-5-11)9-15(3)10-13(16)8-14-2/h4-7,13-14,16H,8-10H2,1-3H3. The van der Waals surface area contributed by atoms with Gasteiger partial charge in [-0.1, -0.05) is 29.8 Å². The van der Waals surface area contributed by atoms with E-state index in [2.05, 4.69) is 41.4 Å². The second-order valence-corrected chi connectivity index (χ2v) is 4.39. The molecule has 16 heavy (non-hydrogen) atoms. The van der Waals surface area contributed by atoms with Crippen molar-refractivity contribution < 1.29 is 5.11 Å². The molecule has 0 saturated heterocycles. The quantitative estimate of drug-likeness (QED) is 0.754. The number of likely N-dealkylation sites (N-methyl/N-ethyl adjacent to an activating group) is 2. The summed E-state index contributed by atoms with van der Waals surface area (Å²) < 4.78 is 0. The predicted octanol–water partition coefficient (Wildman–Crippen LogP) is 1.01. The van der Waals surface area contributed by atoms with Crippen LogP contribution in [0, 0.1) is 6.92 Å². The summed E-state index contributed by atoms with van der Waals surface area (Å²) in [5.74, 6) is 0. The molecule has 3 nitrogen and oxygen atoms in total. The lowest BCUT2D eigenvalue weighted by Crippen LogP contribution is -2.35. The highest BCUT2D eigenvalue weighted by Gasteiger charge is 2.07. The number of benzene rings is 1. The van der Waals surface area contributed by atoms with E-state index in [4.69, 9.17) is 0 Å². The maximum Gasteiger partial charge on any atom is 0.0791 e. The normalized spacial score (nSPS) is 13.1. The molecule has 0 aromatic heterocycles. The minimum absolute atomic E-state index is 0.305. The number of aliphatic hydroxyl groups excluding tert-OH is 1. The van der Waals surface area contributed by atoms with E-state index in [0.717, 1.165) is 6.54 Å². The molecule has 0 aliphatic heterocycles. The van der Waals surface area contributed by atoms with Crippen LogP contribution in [0.1, 0.15) is 11.1 Å². The molecule has 0 fully saturated rings. The highest BCUT2D eigenvalue weighted by molar-refractivity contribution is 5.21. The van der Waals surface area contributed by atoms with Gasteiger partial charge >= 0.3 is 0 Å². The molecule has 0 spiro atoms. The number of hydrogen-bond donors (Lipinski definition) is 2. The van der Waals surface area contributed by atoms with Gasteiger partial charge in [0.15, 0.2) is 0 Å². The van der Waals surface area contributed by atoms with Crippen molar-refractivity contribution in [1.82, 2.24) is 10.2 Å². The number of aliphatic hydroxyl groups is 1. The second kappa shape index (κ2) is 6.63. The fraction of sp³-hybridized carbons (Fsp3) is 0.538. The molecule has 0 radical (unpaired) electrons. The van der Waals surface area contributed by atoms with Gasteiger partial charge in [-0.05, 0) is 26.6 Å². The SMILES string of the molecule is CNCC(O)CN(C)Cc1ccc(C)cc1. The molecular weight excluding hydrogens is 200 g/mol. The van der Waals surface area contributed by atoms with Crippen LogP contribution >= 0.6 is 0 Å². The summed E-state index contributed by atoms with van der Waals surface area (Å²) in [5, 5.41) is 12.6. The summed E-state index contributed by atoms with van der Waals surface area (Å²) in [6.45, 7) is 4.29. The topological polar surface area (TPSA) is 35.5 Å². The molecule has 1 rings (SSSR count). The van der Waals surface area contributed by atoms with Gasteiger partial charge in [0.2, 0.25) is 0 Å². The summed E-state index contributed by atoms with van der Waals surface area (Å²) in [5.41, 5.74) is 2.56. The first kappa shape index (κ1) is 13.2. The molecular formula is C13H22N2O. The van der Waals surface area contributed by atoms with Crippen LogP contribution in [0.4, 0.5) is 0 Å². The van der Waals surface area contributed by atoms with Gasteiger partial charge < -0.3 is 10.4 Å². The van der Waals surface area contributed by atoms with Gasteiger partial charge in [0.05, 0.1) is 6.10 Å². The van der Waals surface area contributed by atoms with Crippen LogP contribution in [0.5, 0.6) is 0 Å². The smallest absolute Gasteiger partial charge is 0.0791 e. The molecule has 3 heteroatoms. The van der Waals surface area contributed by atoms with E-state index in [1.54, 1.807) is 0 Å². The molecule has 1 aromatic rings. The van der Waals surface area contributed by atoms with Crippen LogP contribution in [0.15, 0.2) is 24.3 Å². The molecule has 0 aliphatic rings. The highest BCUT2D eigenvalue weighted by Crippen LogP contribution is 2.05. The van der Waals surface area contributed by atoms with Crippen LogP contribution in [0.3, 0.4) is 0 Å². The van der Waals surface area contributed by atoms with E-state index >= 15 is 0 Å². The zero-order valence-electron chi connectivity index (χ0n) is 10.4. The van der Waals surface area contributed by atoms with Gasteiger partial charge in [0.1, 0.15) is 0 Å². The Balaban J connectivity index is 2.39. The van der Waals surface area contributed by atoms with Crippen LogP contribution in [-0.4, -0.2) is 43.3 Å². The Labute approximate surface area is 98.1 Å². The fourth-order valence-electron chi connectivity index (χ4n) is 1.73. The number of aryl methyl sites for hydroxylation is 1. The van der Waals surface area contributed by atoms with Crippen molar-refractivity contribution in [2.45, 2.75) is 19.6 Å². The van der Waals surface area contributed by atoms with Gasteiger partial charge in [-0.3, -0.25) is 4.90 Å². The maximum atomic E-state index is 9.64. The van der Waals surface area contributed by atoms with Crippen molar-refractivity contribution in [3.8, 4) is 0 Å². The van der Waals surface area contributed by atoms with E-state index in [0.29, 0.717) is 13.1 Å². The molecule has 2 N–H and O–H groups in total. The third-order valence-electron chi connectivity index (χ3n) is 2.54. The maximum absolute atomic E-state index is 9.64. The van der Waals surface area contributed by atoms with Gasteiger partial charge in [0, 0.05) is 19.6 Å². The van der Waals surface area contributed by atoms with E-state index in [-0.39, 0.29) is 6.10 Å². The Bertz CT molecular complexity index is 297. The van der Waals surface area contributed by atoms with E-state index in [1.165, 1.54) is 11.1 Å². The number of rotatable bonds is 6. The molecule has 0 amide bonds. The van der Waals surface area contributed by atoms with Gasteiger partial charge in [0.25, 0.3) is 0 Å². The highest BCUT2D eigenvalue weighted by atomic mass is 16.3. The molecule has 0 bridgehead atoms. The van der Waals surface area contributed by atoms with Crippen LogP contribution in [-0.2, 0) is 6.54 Å². The first-order valence-corrected chi connectivity index (χ1v) is 5.68.